The summed E-state index contributed by atoms with van der Waals surface area (Å²) in [6, 6.07) is 2.46. The molecule has 0 aliphatic rings. The maximum Gasteiger partial charge on any atom is 0.339 e. The van der Waals surface area contributed by atoms with Gasteiger partial charge in [0.05, 0.1) is 48.7 Å². The zero-order chi connectivity index (χ0) is 35.3. The van der Waals surface area contributed by atoms with E-state index < -0.39 is 23.9 Å². The lowest BCUT2D eigenvalue weighted by atomic mass is 9.89. The molecule has 0 unspecified atom stereocenters. The molecule has 1 aromatic carbocycles. The lowest BCUT2D eigenvalue weighted by molar-refractivity contribution is 0.0268. The average Bonchev–Trinajstić information content (AvgIpc) is 2.95. The molecular weight excluding hydrogens is 584 g/mol. The lowest BCUT2D eigenvalue weighted by Crippen LogP contribution is -2.27. The average molecular weight is 647 g/mol. The molecule has 0 atom stereocenters. The standard InChI is InChI=1S/C38H62O8/c1-13-17-35(5,6)23-43-31(39)27-21-29(33(41)45-25-37(9,10)19-15-3)30(34(42)46-26-38(11,12)20-16-4)22-28(27)32(40)44-24-36(7,8)18-14-2/h21-22H,13-20,23-26H2,1-12H3. The van der Waals surface area contributed by atoms with Crippen molar-refractivity contribution in [3.8, 4) is 0 Å². The van der Waals surface area contributed by atoms with E-state index in [4.69, 9.17) is 18.9 Å². The predicted octanol–water partition coefficient (Wildman–Crippen LogP) is 9.62. The Morgan fingerprint density at radius 2 is 0.587 bits per heavy atom. The predicted molar refractivity (Wildman–Crippen MR) is 182 cm³/mol. The van der Waals surface area contributed by atoms with E-state index in [1.165, 1.54) is 12.1 Å². The summed E-state index contributed by atoms with van der Waals surface area (Å²) in [5.41, 5.74) is -1.82. The molecule has 0 aliphatic heterocycles. The summed E-state index contributed by atoms with van der Waals surface area (Å²) >= 11 is 0. The molecule has 1 aromatic rings. The Bertz CT molecular complexity index is 997. The van der Waals surface area contributed by atoms with Crippen LogP contribution in [-0.2, 0) is 18.9 Å². The molecule has 262 valence electrons. The van der Waals surface area contributed by atoms with E-state index in [2.05, 4.69) is 27.7 Å². The van der Waals surface area contributed by atoms with Crippen LogP contribution < -0.4 is 0 Å². The minimum atomic E-state index is -0.784. The van der Waals surface area contributed by atoms with Gasteiger partial charge in [-0.3, -0.25) is 0 Å². The molecule has 0 spiro atoms. The van der Waals surface area contributed by atoms with Crippen LogP contribution in [0.3, 0.4) is 0 Å². The van der Waals surface area contributed by atoms with Gasteiger partial charge in [-0.1, -0.05) is 109 Å². The fourth-order valence-corrected chi connectivity index (χ4v) is 5.63. The molecule has 46 heavy (non-hydrogen) atoms. The molecule has 0 heterocycles. The van der Waals surface area contributed by atoms with Crippen LogP contribution in [0.1, 0.15) is 176 Å². The van der Waals surface area contributed by atoms with Crippen LogP contribution in [0.4, 0.5) is 0 Å². The second kappa shape index (κ2) is 17.9. The Balaban J connectivity index is 3.74. The van der Waals surface area contributed by atoms with Crippen molar-refractivity contribution in [3.05, 3.63) is 34.4 Å². The highest BCUT2D eigenvalue weighted by atomic mass is 16.5. The van der Waals surface area contributed by atoms with Gasteiger partial charge in [0, 0.05) is 0 Å². The van der Waals surface area contributed by atoms with Gasteiger partial charge in [0.15, 0.2) is 0 Å². The Morgan fingerprint density at radius 1 is 0.413 bits per heavy atom. The molecule has 0 amide bonds. The number of hydrogen-bond donors (Lipinski definition) is 0. The summed E-state index contributed by atoms with van der Waals surface area (Å²) in [5, 5.41) is 0. The van der Waals surface area contributed by atoms with E-state index in [1.807, 2.05) is 55.4 Å². The zero-order valence-corrected chi connectivity index (χ0v) is 30.9. The van der Waals surface area contributed by atoms with Gasteiger partial charge in [-0.15, -0.1) is 0 Å². The minimum absolute atomic E-state index is 0.110. The van der Waals surface area contributed by atoms with Crippen molar-refractivity contribution in [3.63, 3.8) is 0 Å². The van der Waals surface area contributed by atoms with E-state index in [9.17, 15) is 19.2 Å². The molecule has 0 saturated heterocycles. The Labute approximate surface area is 278 Å². The first kappa shape index (κ1) is 41.1. The van der Waals surface area contributed by atoms with E-state index in [0.29, 0.717) is 0 Å². The topological polar surface area (TPSA) is 105 Å². The van der Waals surface area contributed by atoms with Crippen LogP contribution in [-0.4, -0.2) is 50.3 Å². The van der Waals surface area contributed by atoms with Crippen LogP contribution in [0.2, 0.25) is 0 Å². The minimum Gasteiger partial charge on any atom is -0.462 e. The van der Waals surface area contributed by atoms with Gasteiger partial charge in [-0.05, 0) is 59.5 Å². The lowest BCUT2D eigenvalue weighted by Gasteiger charge is -2.26. The van der Waals surface area contributed by atoms with Gasteiger partial charge in [-0.25, -0.2) is 19.2 Å². The van der Waals surface area contributed by atoms with Gasteiger partial charge in [0.2, 0.25) is 0 Å². The summed E-state index contributed by atoms with van der Waals surface area (Å²) in [4.78, 5) is 54.5. The van der Waals surface area contributed by atoms with Crippen molar-refractivity contribution in [1.29, 1.82) is 0 Å². The summed E-state index contributed by atoms with van der Waals surface area (Å²) < 4.78 is 22.8. The van der Waals surface area contributed by atoms with Crippen LogP contribution in [0.25, 0.3) is 0 Å². The highest BCUT2D eigenvalue weighted by Gasteiger charge is 2.32. The van der Waals surface area contributed by atoms with Gasteiger partial charge in [0.1, 0.15) is 0 Å². The number of esters is 4. The maximum absolute atomic E-state index is 13.6. The molecular formula is C38H62O8. The van der Waals surface area contributed by atoms with Crippen molar-refractivity contribution in [1.82, 2.24) is 0 Å². The molecule has 0 N–H and O–H groups in total. The molecule has 0 fully saturated rings. The van der Waals surface area contributed by atoms with E-state index in [1.54, 1.807) is 0 Å². The van der Waals surface area contributed by atoms with Gasteiger partial charge >= 0.3 is 23.9 Å². The largest absolute Gasteiger partial charge is 0.462 e. The summed E-state index contributed by atoms with van der Waals surface area (Å²) in [7, 11) is 0. The van der Waals surface area contributed by atoms with Crippen molar-refractivity contribution in [2.45, 2.75) is 134 Å². The molecule has 8 nitrogen and oxygen atoms in total. The van der Waals surface area contributed by atoms with Gasteiger partial charge < -0.3 is 18.9 Å². The normalized spacial score (nSPS) is 12.4. The van der Waals surface area contributed by atoms with Gasteiger partial charge in [-0.2, -0.15) is 0 Å². The van der Waals surface area contributed by atoms with Crippen molar-refractivity contribution < 1.29 is 38.1 Å². The summed E-state index contributed by atoms with van der Waals surface area (Å²) in [6.45, 7) is 24.6. The molecule has 0 radical (unpaired) electrons. The third kappa shape index (κ3) is 13.8. The number of carbonyl (C=O) groups is 4. The highest BCUT2D eigenvalue weighted by Crippen LogP contribution is 2.29. The second-order valence-electron chi connectivity index (χ2n) is 15.9. The first-order chi connectivity index (χ1) is 21.2. The number of carbonyl (C=O) groups excluding carboxylic acids is 4. The van der Waals surface area contributed by atoms with Crippen molar-refractivity contribution in [2.75, 3.05) is 26.4 Å². The quantitative estimate of drug-likeness (QED) is 0.102. The summed E-state index contributed by atoms with van der Waals surface area (Å²) in [6.07, 6.45) is 6.94. The summed E-state index contributed by atoms with van der Waals surface area (Å²) in [5.74, 6) is -3.14. The fourth-order valence-electron chi connectivity index (χ4n) is 5.63. The first-order valence-electron chi connectivity index (χ1n) is 17.1. The molecule has 0 aromatic heterocycles. The number of benzene rings is 1. The van der Waals surface area contributed by atoms with Crippen molar-refractivity contribution in [2.24, 2.45) is 21.7 Å². The number of ether oxygens (including phenoxy) is 4. The van der Waals surface area contributed by atoms with E-state index >= 15 is 0 Å². The van der Waals surface area contributed by atoms with Crippen LogP contribution in [0.15, 0.2) is 12.1 Å². The van der Waals surface area contributed by atoms with Crippen LogP contribution in [0, 0.1) is 21.7 Å². The fraction of sp³-hybridized carbons (Fsp3) is 0.737. The Hall–Kier alpha value is -2.90. The van der Waals surface area contributed by atoms with Crippen LogP contribution >= 0.6 is 0 Å². The van der Waals surface area contributed by atoms with E-state index in [0.717, 1.165) is 51.4 Å². The monoisotopic (exact) mass is 646 g/mol. The molecule has 1 rings (SSSR count). The van der Waals surface area contributed by atoms with Crippen LogP contribution in [0.5, 0.6) is 0 Å². The first-order valence-corrected chi connectivity index (χ1v) is 17.1. The molecule has 0 bridgehead atoms. The van der Waals surface area contributed by atoms with Crippen molar-refractivity contribution >= 4 is 23.9 Å². The smallest absolute Gasteiger partial charge is 0.339 e. The Morgan fingerprint density at radius 3 is 0.739 bits per heavy atom. The molecule has 0 aliphatic carbocycles. The third-order valence-electron chi connectivity index (χ3n) is 8.12. The second-order valence-corrected chi connectivity index (χ2v) is 15.9. The van der Waals surface area contributed by atoms with E-state index in [-0.39, 0.29) is 70.3 Å². The SMILES string of the molecule is CCCC(C)(C)COC(=O)c1cc(C(=O)OCC(C)(C)CCC)c(C(=O)OCC(C)(C)CCC)cc1C(=O)OCC(C)(C)CCC. The maximum atomic E-state index is 13.6. The van der Waals surface area contributed by atoms with Gasteiger partial charge in [0.25, 0.3) is 0 Å². The Kier molecular flexibility index (Phi) is 16.0. The highest BCUT2D eigenvalue weighted by molar-refractivity contribution is 6.10. The number of hydrogen-bond acceptors (Lipinski definition) is 8. The molecule has 8 heteroatoms. The molecule has 0 saturated carbocycles. The third-order valence-corrected chi connectivity index (χ3v) is 8.12. The number of rotatable bonds is 20. The zero-order valence-electron chi connectivity index (χ0n) is 30.9.